The van der Waals surface area contributed by atoms with E-state index in [2.05, 4.69) is 30.4 Å². The SMILES string of the molecule is CNCCC1Cc2ccc(C)cc2O1. The lowest BCUT2D eigenvalue weighted by atomic mass is 10.1. The molecule has 0 radical (unpaired) electrons. The van der Waals surface area contributed by atoms with Crippen LogP contribution in [0.2, 0.25) is 0 Å². The Morgan fingerprint density at radius 2 is 2.36 bits per heavy atom. The first-order chi connectivity index (χ1) is 6.79. The van der Waals surface area contributed by atoms with Crippen molar-refractivity contribution in [1.29, 1.82) is 0 Å². The van der Waals surface area contributed by atoms with E-state index in [1.165, 1.54) is 11.1 Å². The summed E-state index contributed by atoms with van der Waals surface area (Å²) in [7, 11) is 1.98. The van der Waals surface area contributed by atoms with Crippen molar-refractivity contribution in [3.05, 3.63) is 29.3 Å². The van der Waals surface area contributed by atoms with Gasteiger partial charge in [-0.15, -0.1) is 0 Å². The van der Waals surface area contributed by atoms with Crippen LogP contribution in [0.3, 0.4) is 0 Å². The molecule has 0 saturated heterocycles. The molecular formula is C12H17NO. The standard InChI is InChI=1S/C12H17NO/c1-9-3-4-10-8-11(5-6-13-2)14-12(10)7-9/h3-4,7,11,13H,5-6,8H2,1-2H3. The predicted molar refractivity (Wildman–Crippen MR) is 57.8 cm³/mol. The number of ether oxygens (including phenoxy) is 1. The normalized spacial score (nSPS) is 19.1. The van der Waals surface area contributed by atoms with Gasteiger partial charge in [0.2, 0.25) is 0 Å². The van der Waals surface area contributed by atoms with E-state index in [9.17, 15) is 0 Å². The van der Waals surface area contributed by atoms with E-state index in [0.29, 0.717) is 6.10 Å². The van der Waals surface area contributed by atoms with E-state index >= 15 is 0 Å². The van der Waals surface area contributed by atoms with Crippen molar-refractivity contribution < 1.29 is 4.74 Å². The zero-order valence-electron chi connectivity index (χ0n) is 8.84. The minimum Gasteiger partial charge on any atom is -0.490 e. The van der Waals surface area contributed by atoms with Crippen molar-refractivity contribution in [2.24, 2.45) is 0 Å². The fraction of sp³-hybridized carbons (Fsp3) is 0.500. The molecule has 2 rings (SSSR count). The molecule has 0 saturated carbocycles. The smallest absolute Gasteiger partial charge is 0.123 e. The largest absolute Gasteiger partial charge is 0.490 e. The Morgan fingerprint density at radius 3 is 3.14 bits per heavy atom. The number of aryl methyl sites for hydroxylation is 1. The van der Waals surface area contributed by atoms with Gasteiger partial charge in [-0.3, -0.25) is 0 Å². The summed E-state index contributed by atoms with van der Waals surface area (Å²) in [6.07, 6.45) is 2.53. The van der Waals surface area contributed by atoms with E-state index in [1.54, 1.807) is 0 Å². The Hall–Kier alpha value is -1.02. The molecule has 0 aliphatic carbocycles. The van der Waals surface area contributed by atoms with Crippen LogP contribution in [-0.4, -0.2) is 19.7 Å². The Labute approximate surface area is 85.3 Å². The van der Waals surface area contributed by atoms with Crippen LogP contribution in [0.25, 0.3) is 0 Å². The van der Waals surface area contributed by atoms with Crippen LogP contribution >= 0.6 is 0 Å². The second-order valence-corrected chi connectivity index (χ2v) is 3.95. The third-order valence-electron chi connectivity index (χ3n) is 2.68. The van der Waals surface area contributed by atoms with Crippen LogP contribution in [0.4, 0.5) is 0 Å². The van der Waals surface area contributed by atoms with Crippen LogP contribution in [-0.2, 0) is 6.42 Å². The lowest BCUT2D eigenvalue weighted by Gasteiger charge is -2.09. The molecule has 1 aromatic carbocycles. The second-order valence-electron chi connectivity index (χ2n) is 3.95. The average molecular weight is 191 g/mol. The van der Waals surface area contributed by atoms with Gasteiger partial charge in [-0.05, 0) is 44.1 Å². The van der Waals surface area contributed by atoms with Gasteiger partial charge in [0.05, 0.1) is 0 Å². The summed E-state index contributed by atoms with van der Waals surface area (Å²) in [5.41, 5.74) is 2.63. The molecule has 1 atom stereocenters. The molecule has 2 nitrogen and oxygen atoms in total. The molecule has 0 amide bonds. The van der Waals surface area contributed by atoms with Crippen molar-refractivity contribution in [2.45, 2.75) is 25.9 Å². The molecule has 14 heavy (non-hydrogen) atoms. The average Bonchev–Trinajstić information content (AvgIpc) is 2.56. The van der Waals surface area contributed by atoms with Crippen LogP contribution in [0.5, 0.6) is 5.75 Å². The van der Waals surface area contributed by atoms with Crippen LogP contribution in [0, 0.1) is 6.92 Å². The highest BCUT2D eigenvalue weighted by atomic mass is 16.5. The molecule has 1 N–H and O–H groups in total. The molecule has 0 spiro atoms. The van der Waals surface area contributed by atoms with Gasteiger partial charge in [0.25, 0.3) is 0 Å². The number of rotatable bonds is 3. The maximum Gasteiger partial charge on any atom is 0.123 e. The Kier molecular flexibility index (Phi) is 2.73. The Morgan fingerprint density at radius 1 is 1.50 bits per heavy atom. The van der Waals surface area contributed by atoms with Gasteiger partial charge >= 0.3 is 0 Å². The first kappa shape index (κ1) is 9.53. The highest BCUT2D eigenvalue weighted by molar-refractivity contribution is 5.40. The summed E-state index contributed by atoms with van der Waals surface area (Å²) >= 11 is 0. The molecule has 76 valence electrons. The van der Waals surface area contributed by atoms with Crippen molar-refractivity contribution in [2.75, 3.05) is 13.6 Å². The molecule has 1 unspecified atom stereocenters. The van der Waals surface area contributed by atoms with E-state index in [4.69, 9.17) is 4.74 Å². The lowest BCUT2D eigenvalue weighted by Crippen LogP contribution is -2.20. The number of hydrogen-bond acceptors (Lipinski definition) is 2. The zero-order valence-corrected chi connectivity index (χ0v) is 8.84. The first-order valence-electron chi connectivity index (χ1n) is 5.20. The quantitative estimate of drug-likeness (QED) is 0.788. The van der Waals surface area contributed by atoms with E-state index in [1.807, 2.05) is 7.05 Å². The van der Waals surface area contributed by atoms with Crippen molar-refractivity contribution in [3.8, 4) is 5.75 Å². The zero-order chi connectivity index (χ0) is 9.97. The molecular weight excluding hydrogens is 174 g/mol. The van der Waals surface area contributed by atoms with Gasteiger partial charge in [-0.25, -0.2) is 0 Å². The minimum atomic E-state index is 0.374. The highest BCUT2D eigenvalue weighted by Gasteiger charge is 2.21. The summed E-state index contributed by atoms with van der Waals surface area (Å²) < 4.78 is 5.85. The Balaban J connectivity index is 2.03. The maximum absolute atomic E-state index is 5.85. The molecule has 0 aromatic heterocycles. The summed E-state index contributed by atoms with van der Waals surface area (Å²) in [6, 6.07) is 6.47. The van der Waals surface area contributed by atoms with Gasteiger partial charge in [0, 0.05) is 6.42 Å². The highest BCUT2D eigenvalue weighted by Crippen LogP contribution is 2.30. The van der Waals surface area contributed by atoms with E-state index < -0.39 is 0 Å². The molecule has 0 bridgehead atoms. The van der Waals surface area contributed by atoms with Crippen LogP contribution in [0.15, 0.2) is 18.2 Å². The fourth-order valence-corrected chi connectivity index (χ4v) is 1.87. The predicted octanol–water partition coefficient (Wildman–Crippen LogP) is 1.91. The molecule has 1 aromatic rings. The second kappa shape index (κ2) is 4.01. The van der Waals surface area contributed by atoms with Gasteiger partial charge in [-0.1, -0.05) is 12.1 Å². The van der Waals surface area contributed by atoms with Crippen LogP contribution in [0.1, 0.15) is 17.5 Å². The fourth-order valence-electron chi connectivity index (χ4n) is 1.87. The minimum absolute atomic E-state index is 0.374. The first-order valence-corrected chi connectivity index (χ1v) is 5.20. The van der Waals surface area contributed by atoms with Gasteiger partial charge in [0.1, 0.15) is 11.9 Å². The third-order valence-corrected chi connectivity index (χ3v) is 2.68. The maximum atomic E-state index is 5.85. The number of nitrogens with one attached hydrogen (secondary N) is 1. The van der Waals surface area contributed by atoms with E-state index in [0.717, 1.165) is 25.1 Å². The van der Waals surface area contributed by atoms with Crippen LogP contribution < -0.4 is 10.1 Å². The lowest BCUT2D eigenvalue weighted by molar-refractivity contribution is 0.221. The molecule has 2 heteroatoms. The van der Waals surface area contributed by atoms with Gasteiger partial charge in [0.15, 0.2) is 0 Å². The third kappa shape index (κ3) is 1.90. The molecule has 1 aliphatic rings. The molecule has 1 aliphatic heterocycles. The van der Waals surface area contributed by atoms with E-state index in [-0.39, 0.29) is 0 Å². The van der Waals surface area contributed by atoms with Crippen molar-refractivity contribution in [3.63, 3.8) is 0 Å². The summed E-state index contributed by atoms with van der Waals surface area (Å²) in [6.45, 7) is 3.13. The number of benzene rings is 1. The summed E-state index contributed by atoms with van der Waals surface area (Å²) in [5, 5.41) is 3.15. The Bertz CT molecular complexity index is 322. The van der Waals surface area contributed by atoms with Crippen molar-refractivity contribution in [1.82, 2.24) is 5.32 Å². The van der Waals surface area contributed by atoms with Gasteiger partial charge < -0.3 is 10.1 Å². The van der Waals surface area contributed by atoms with Gasteiger partial charge in [-0.2, -0.15) is 0 Å². The number of hydrogen-bond donors (Lipinski definition) is 1. The van der Waals surface area contributed by atoms with Crippen molar-refractivity contribution >= 4 is 0 Å². The summed E-state index contributed by atoms with van der Waals surface area (Å²) in [5.74, 6) is 1.09. The molecule has 0 fully saturated rings. The number of fused-ring (bicyclic) bond motifs is 1. The topological polar surface area (TPSA) is 21.3 Å². The summed E-state index contributed by atoms with van der Waals surface area (Å²) in [4.78, 5) is 0. The monoisotopic (exact) mass is 191 g/mol. The molecule has 1 heterocycles.